The van der Waals surface area contributed by atoms with Gasteiger partial charge in [-0.2, -0.15) is 0 Å². The molecule has 75 heavy (non-hydrogen) atoms. The second-order valence-corrected chi connectivity index (χ2v) is 18.9. The number of aliphatic hydroxyl groups is 1. The number of amides is 7. The number of ether oxygens (including phenoxy) is 3. The van der Waals surface area contributed by atoms with E-state index in [-0.39, 0.29) is 94.2 Å². The molecule has 0 unspecified atom stereocenters. The smallest absolute Gasteiger partial charge is 0.415 e. The van der Waals surface area contributed by atoms with Gasteiger partial charge in [-0.1, -0.05) is 39.8 Å². The van der Waals surface area contributed by atoms with E-state index >= 15 is 0 Å². The van der Waals surface area contributed by atoms with Gasteiger partial charge in [0.1, 0.15) is 31.0 Å². The molecule has 402 valence electrons. The van der Waals surface area contributed by atoms with Crippen molar-refractivity contribution in [1.29, 1.82) is 0 Å². The number of anilines is 1. The minimum absolute atomic E-state index is 0.0242. The Kier molecular flexibility index (Phi) is 18.2. The van der Waals surface area contributed by atoms with Crippen LogP contribution in [0.4, 0.5) is 20.1 Å². The number of esters is 1. The molecule has 2 aliphatic heterocycles. The maximum Gasteiger partial charge on any atom is 0.415 e. The molecule has 0 saturated carbocycles. The zero-order chi connectivity index (χ0) is 54.9. The largest absolute Gasteiger partial charge is 0.480 e. The summed E-state index contributed by atoms with van der Waals surface area (Å²) in [7, 11) is 4.48. The Morgan fingerprint density at radius 1 is 0.907 bits per heavy atom. The first-order valence-electron chi connectivity index (χ1n) is 24.4. The lowest BCUT2D eigenvalue weighted by Crippen LogP contribution is -2.55. The third-order valence-corrected chi connectivity index (χ3v) is 13.0. The van der Waals surface area contributed by atoms with Crippen LogP contribution in [0.3, 0.4) is 0 Å². The molecule has 0 radical (unpaired) electrons. The molecule has 6 rings (SSSR count). The van der Waals surface area contributed by atoms with E-state index in [1.54, 1.807) is 73.9 Å². The normalized spacial score (nSPS) is 15.1. The van der Waals surface area contributed by atoms with Crippen molar-refractivity contribution in [3.63, 3.8) is 0 Å². The summed E-state index contributed by atoms with van der Waals surface area (Å²) in [4.78, 5) is 123. The molecule has 0 bridgehead atoms. The molecule has 4 heterocycles. The highest BCUT2D eigenvalue weighted by atomic mass is 16.6. The van der Waals surface area contributed by atoms with Gasteiger partial charge in [-0.25, -0.2) is 24.2 Å². The Morgan fingerprint density at radius 3 is 2.24 bits per heavy atom. The predicted octanol–water partition coefficient (Wildman–Crippen LogP) is 2.37. The summed E-state index contributed by atoms with van der Waals surface area (Å²) in [6.45, 7) is 6.49. The van der Waals surface area contributed by atoms with E-state index in [0.29, 0.717) is 34.6 Å². The zero-order valence-electron chi connectivity index (χ0n) is 42.9. The van der Waals surface area contributed by atoms with Crippen LogP contribution in [-0.4, -0.2) is 148 Å². The van der Waals surface area contributed by atoms with E-state index in [0.717, 1.165) is 16.5 Å². The molecular formula is C51H64N10O14. The van der Waals surface area contributed by atoms with E-state index in [1.165, 1.54) is 35.8 Å². The number of nitrogens with zero attached hydrogens (tertiary/aromatic N) is 5. The van der Waals surface area contributed by atoms with E-state index in [1.807, 2.05) is 6.92 Å². The number of cyclic esters (lactones) is 1. The molecule has 0 aliphatic carbocycles. The van der Waals surface area contributed by atoms with Gasteiger partial charge >= 0.3 is 30.2 Å². The van der Waals surface area contributed by atoms with Gasteiger partial charge in [0.25, 0.3) is 5.56 Å². The molecule has 8 N–H and O–H groups in total. The number of pyridine rings is 2. The number of urea groups is 1. The first-order valence-corrected chi connectivity index (χ1v) is 24.4. The van der Waals surface area contributed by atoms with Gasteiger partial charge in [-0.3, -0.25) is 28.9 Å². The lowest BCUT2D eigenvalue weighted by atomic mass is 9.86. The van der Waals surface area contributed by atoms with Crippen LogP contribution in [-0.2, 0) is 65.2 Å². The van der Waals surface area contributed by atoms with Crippen LogP contribution in [0, 0.1) is 5.92 Å². The van der Waals surface area contributed by atoms with E-state index in [4.69, 9.17) is 30.0 Å². The summed E-state index contributed by atoms with van der Waals surface area (Å²) >= 11 is 0. The fraction of sp³-hybridized carbons (Fsp3) is 0.451. The fourth-order valence-corrected chi connectivity index (χ4v) is 8.77. The Morgan fingerprint density at radius 2 is 1.60 bits per heavy atom. The molecule has 2 aromatic carbocycles. The number of likely N-dealkylation sites (N-methyl/N-ethyl adjacent to an activating group) is 3. The number of aliphatic carboxylic acids is 1. The van der Waals surface area contributed by atoms with E-state index in [9.17, 15) is 48.3 Å². The molecule has 7 amide bonds. The first kappa shape index (κ1) is 56.2. The quantitative estimate of drug-likeness (QED) is 0.0387. The molecule has 3 atom stereocenters. The van der Waals surface area contributed by atoms with Gasteiger partial charge in [0.15, 0.2) is 5.60 Å². The average molecular weight is 1040 g/mol. The SMILES string of the molecule is CCc1c2c(nc3ccc(OC(=O)N(C)CCN(C)C(=O)OCc4ccc(NC(=O)[C@H](CCCNC(N)=O)NC(=O)[C@@H](NC(=O)CN(C)CC(=O)O)C(C)C)cc4)cc13)-c1cc3c(c(=O)n1C2)COC(=O)[C@]3(O)CC. The van der Waals surface area contributed by atoms with Crippen molar-refractivity contribution in [3.05, 3.63) is 86.7 Å². The molecule has 0 spiro atoms. The lowest BCUT2D eigenvalue weighted by molar-refractivity contribution is -0.172. The van der Waals surface area contributed by atoms with Gasteiger partial charge in [0.2, 0.25) is 17.7 Å². The number of carbonyl (C=O) groups excluding carboxylic acids is 7. The Hall–Kier alpha value is -8.12. The number of carboxylic acid groups (broad SMARTS) is 1. The number of rotatable bonds is 22. The van der Waals surface area contributed by atoms with Crippen molar-refractivity contribution < 1.29 is 62.8 Å². The van der Waals surface area contributed by atoms with Gasteiger partial charge in [-0.05, 0) is 86.2 Å². The van der Waals surface area contributed by atoms with Crippen LogP contribution in [0.25, 0.3) is 22.3 Å². The highest BCUT2D eigenvalue weighted by molar-refractivity contribution is 5.98. The van der Waals surface area contributed by atoms with Crippen LogP contribution in [0.2, 0.25) is 0 Å². The van der Waals surface area contributed by atoms with Crippen LogP contribution < -0.4 is 37.3 Å². The van der Waals surface area contributed by atoms with Crippen molar-refractivity contribution >= 4 is 64.5 Å². The minimum atomic E-state index is -1.95. The van der Waals surface area contributed by atoms with Crippen molar-refractivity contribution in [2.45, 2.75) is 90.8 Å². The second-order valence-electron chi connectivity index (χ2n) is 18.9. The topological polar surface area (TPSA) is 323 Å². The number of hydrogen-bond donors (Lipinski definition) is 7. The average Bonchev–Trinajstić information content (AvgIpc) is 3.74. The number of carboxylic acids is 1. The molecule has 24 nitrogen and oxygen atoms in total. The monoisotopic (exact) mass is 1040 g/mol. The molecule has 0 fully saturated rings. The zero-order valence-corrected chi connectivity index (χ0v) is 42.9. The van der Waals surface area contributed by atoms with Crippen molar-refractivity contribution in [3.8, 4) is 17.1 Å². The summed E-state index contributed by atoms with van der Waals surface area (Å²) < 4.78 is 18.0. The van der Waals surface area contributed by atoms with Crippen molar-refractivity contribution in [2.75, 3.05) is 59.2 Å². The van der Waals surface area contributed by atoms with Crippen LogP contribution in [0.5, 0.6) is 5.75 Å². The Bertz CT molecular complexity index is 2930. The number of nitrogens with one attached hydrogen (secondary N) is 4. The fourth-order valence-electron chi connectivity index (χ4n) is 8.77. The number of aryl methyl sites for hydroxylation is 1. The van der Waals surface area contributed by atoms with Crippen LogP contribution in [0.15, 0.2) is 53.3 Å². The van der Waals surface area contributed by atoms with Crippen LogP contribution in [0.1, 0.15) is 74.8 Å². The van der Waals surface area contributed by atoms with Gasteiger partial charge in [0, 0.05) is 55.9 Å². The Balaban J connectivity index is 1.00. The number of benzene rings is 2. The predicted molar refractivity (Wildman–Crippen MR) is 271 cm³/mol. The number of fused-ring (bicyclic) bond motifs is 5. The van der Waals surface area contributed by atoms with Gasteiger partial charge in [-0.15, -0.1) is 0 Å². The van der Waals surface area contributed by atoms with Crippen molar-refractivity contribution in [1.82, 2.24) is 40.2 Å². The molecule has 24 heteroatoms. The minimum Gasteiger partial charge on any atom is -0.480 e. The molecule has 0 saturated heterocycles. The van der Waals surface area contributed by atoms with E-state index in [2.05, 4.69) is 21.3 Å². The molecule has 2 aliphatic rings. The molecule has 2 aromatic heterocycles. The van der Waals surface area contributed by atoms with Gasteiger partial charge in [0.05, 0.1) is 42.1 Å². The maximum absolute atomic E-state index is 13.7. The first-order chi connectivity index (χ1) is 35.5. The third-order valence-electron chi connectivity index (χ3n) is 13.0. The Labute approximate surface area is 431 Å². The maximum atomic E-state index is 13.7. The standard InChI is InChI=1S/C51H64N10O14/c1-8-32-33-21-31(16-17-37(33)55-43-34(32)23-61-39(43)22-36-35(46(61)67)27-73-47(68)51(36,72)9-2)75-50(71)60(7)20-19-59(6)49(70)74-26-29-12-14-30(15-13-29)54-44(65)38(11-10-18-53-48(52)69)56-45(66)42(28(3)4)57-40(62)24-58(5)25-41(63)64/h12-17,21-22,28,38,42,72H,8-11,18-20,23-27H2,1-7H3,(H,54,65)(H,56,66)(H,57,62)(H,63,64)(H3,52,53,69)/t38-,42-,51-/m0/s1. The summed E-state index contributed by atoms with van der Waals surface area (Å²) in [5.41, 5.74) is 7.58. The summed E-state index contributed by atoms with van der Waals surface area (Å²) in [6, 6.07) is 10.2. The van der Waals surface area contributed by atoms with Gasteiger partial charge < -0.3 is 65.8 Å². The van der Waals surface area contributed by atoms with Crippen LogP contribution >= 0.6 is 0 Å². The summed E-state index contributed by atoms with van der Waals surface area (Å²) in [5, 5.41) is 31.5. The number of carbonyl (C=O) groups is 8. The highest BCUT2D eigenvalue weighted by Crippen LogP contribution is 2.41. The molecule has 4 aromatic rings. The third kappa shape index (κ3) is 13.4. The number of aromatic nitrogens is 2. The summed E-state index contributed by atoms with van der Waals surface area (Å²) in [6.07, 6.45) is -0.429. The number of hydrogen-bond acceptors (Lipinski definition) is 15. The second kappa shape index (κ2) is 24.3. The number of primary amides is 1. The lowest BCUT2D eigenvalue weighted by Gasteiger charge is -2.31. The molecular weight excluding hydrogens is 977 g/mol. The van der Waals surface area contributed by atoms with Crippen molar-refractivity contribution in [2.24, 2.45) is 11.7 Å². The highest BCUT2D eigenvalue weighted by Gasteiger charge is 2.45. The number of nitrogens with two attached hydrogens (primary N) is 1. The summed E-state index contributed by atoms with van der Waals surface area (Å²) in [5.74, 6) is -3.91. The van der Waals surface area contributed by atoms with E-state index < -0.39 is 71.5 Å².